The molecule has 0 radical (unpaired) electrons. The molecule has 0 saturated carbocycles. The first-order chi connectivity index (χ1) is 10.4. The molecule has 22 heavy (non-hydrogen) atoms. The van der Waals surface area contributed by atoms with Crippen LogP contribution in [0.3, 0.4) is 0 Å². The highest BCUT2D eigenvalue weighted by Gasteiger charge is 2.12. The minimum atomic E-state index is -0.436. The minimum absolute atomic E-state index is 0.116. The van der Waals surface area contributed by atoms with Gasteiger partial charge in [-0.3, -0.25) is 4.79 Å². The minimum Gasteiger partial charge on any atom is -0.475 e. The van der Waals surface area contributed by atoms with E-state index in [0.717, 1.165) is 18.4 Å². The number of aromatic nitrogens is 1. The van der Waals surface area contributed by atoms with Gasteiger partial charge in [0, 0.05) is 18.8 Å². The van der Waals surface area contributed by atoms with Crippen LogP contribution in [0.5, 0.6) is 5.88 Å². The topological polar surface area (TPSA) is 77.2 Å². The number of amides is 1. The van der Waals surface area contributed by atoms with E-state index in [-0.39, 0.29) is 12.0 Å². The van der Waals surface area contributed by atoms with Crippen LogP contribution in [-0.4, -0.2) is 23.0 Å². The van der Waals surface area contributed by atoms with Gasteiger partial charge in [-0.15, -0.1) is 0 Å². The first kappa shape index (κ1) is 18.4. The third-order valence-electron chi connectivity index (χ3n) is 3.33. The molecule has 0 aliphatic heterocycles. The highest BCUT2D eigenvalue weighted by Crippen LogP contribution is 2.14. The molecule has 2 atom stereocenters. The Morgan fingerprint density at radius 2 is 2.14 bits per heavy atom. The molecule has 0 saturated heterocycles. The average molecular weight is 307 g/mol. The number of nitrogens with two attached hydrogens (primary N) is 1. The van der Waals surface area contributed by atoms with E-state index in [4.69, 9.17) is 10.5 Å². The summed E-state index contributed by atoms with van der Waals surface area (Å²) in [6.07, 6.45) is 4.40. The van der Waals surface area contributed by atoms with Crippen molar-refractivity contribution in [3.05, 3.63) is 23.9 Å². The maximum Gasteiger partial charge on any atom is 0.237 e. The summed E-state index contributed by atoms with van der Waals surface area (Å²) in [5.41, 5.74) is 6.74. The molecule has 1 rings (SSSR count). The number of ether oxygens (including phenoxy) is 1. The number of pyridine rings is 1. The van der Waals surface area contributed by atoms with E-state index in [0.29, 0.717) is 24.8 Å². The first-order valence-electron chi connectivity index (χ1n) is 8.07. The first-order valence-corrected chi connectivity index (χ1v) is 8.07. The van der Waals surface area contributed by atoms with Crippen LogP contribution in [0.15, 0.2) is 18.3 Å². The number of hydrogen-bond acceptors (Lipinski definition) is 4. The lowest BCUT2D eigenvalue weighted by molar-refractivity contribution is -0.122. The molecule has 0 aromatic carbocycles. The summed E-state index contributed by atoms with van der Waals surface area (Å²) < 4.78 is 5.81. The third kappa shape index (κ3) is 6.89. The molecule has 1 amide bonds. The fourth-order valence-corrected chi connectivity index (χ4v) is 2.31. The van der Waals surface area contributed by atoms with Crippen molar-refractivity contribution in [1.29, 1.82) is 0 Å². The molecule has 1 aromatic rings. The predicted molar refractivity (Wildman–Crippen MR) is 88.5 cm³/mol. The Kier molecular flexibility index (Phi) is 7.88. The number of hydrogen-bond donors (Lipinski definition) is 2. The van der Waals surface area contributed by atoms with Crippen molar-refractivity contribution in [2.24, 2.45) is 11.7 Å². The molecule has 3 N–H and O–H groups in total. The van der Waals surface area contributed by atoms with E-state index in [1.54, 1.807) is 6.20 Å². The van der Waals surface area contributed by atoms with Gasteiger partial charge in [-0.2, -0.15) is 0 Å². The predicted octanol–water partition coefficient (Wildman–Crippen LogP) is 2.64. The summed E-state index contributed by atoms with van der Waals surface area (Å²) in [6.45, 7) is 8.82. The lowest BCUT2D eigenvalue weighted by Gasteiger charge is -2.16. The van der Waals surface area contributed by atoms with Gasteiger partial charge in [0.25, 0.3) is 0 Å². The molecular weight excluding hydrogens is 278 g/mol. The summed E-state index contributed by atoms with van der Waals surface area (Å²) in [6, 6.07) is 3.29. The molecule has 2 unspecified atom stereocenters. The molecule has 0 bridgehead atoms. The van der Waals surface area contributed by atoms with E-state index in [1.807, 2.05) is 26.0 Å². The summed E-state index contributed by atoms with van der Waals surface area (Å²) in [7, 11) is 0. The zero-order valence-electron chi connectivity index (χ0n) is 14.1. The Morgan fingerprint density at radius 3 is 2.77 bits per heavy atom. The lowest BCUT2D eigenvalue weighted by atomic mass is 10.1. The normalized spacial score (nSPS) is 13.7. The van der Waals surface area contributed by atoms with Crippen LogP contribution in [0.25, 0.3) is 0 Å². The maximum absolute atomic E-state index is 11.8. The van der Waals surface area contributed by atoms with Crippen molar-refractivity contribution in [2.75, 3.05) is 0 Å². The van der Waals surface area contributed by atoms with Gasteiger partial charge in [0.15, 0.2) is 0 Å². The molecule has 0 aliphatic rings. The fourth-order valence-electron chi connectivity index (χ4n) is 2.31. The van der Waals surface area contributed by atoms with Crippen LogP contribution in [0, 0.1) is 5.92 Å². The number of nitrogens with one attached hydrogen (secondary N) is 1. The number of carbonyl (C=O) groups is 1. The van der Waals surface area contributed by atoms with Crippen molar-refractivity contribution in [1.82, 2.24) is 10.3 Å². The van der Waals surface area contributed by atoms with Crippen LogP contribution in [-0.2, 0) is 11.3 Å². The van der Waals surface area contributed by atoms with Crippen molar-refractivity contribution in [3.63, 3.8) is 0 Å². The van der Waals surface area contributed by atoms with Crippen LogP contribution in [0.1, 0.15) is 52.5 Å². The van der Waals surface area contributed by atoms with Gasteiger partial charge < -0.3 is 15.8 Å². The molecule has 5 nitrogen and oxygen atoms in total. The van der Waals surface area contributed by atoms with Crippen molar-refractivity contribution >= 4 is 5.91 Å². The van der Waals surface area contributed by atoms with Gasteiger partial charge in [0.2, 0.25) is 11.8 Å². The maximum atomic E-state index is 11.8. The lowest BCUT2D eigenvalue weighted by Crippen LogP contribution is -2.40. The second-order valence-electron chi connectivity index (χ2n) is 6.17. The monoisotopic (exact) mass is 307 g/mol. The molecular formula is C17H29N3O2. The molecule has 5 heteroatoms. The van der Waals surface area contributed by atoms with Gasteiger partial charge >= 0.3 is 0 Å². The van der Waals surface area contributed by atoms with Crippen LogP contribution in [0.2, 0.25) is 0 Å². The van der Waals surface area contributed by atoms with E-state index in [1.165, 1.54) is 0 Å². The zero-order valence-corrected chi connectivity index (χ0v) is 14.1. The standard InChI is InChI=1S/C17H29N3O2/c1-5-6-15(18)17(21)20-11-14-7-8-19-16(10-14)22-13(4)9-12(2)3/h7-8,10,12-13,15H,5-6,9,11,18H2,1-4H3,(H,20,21). The van der Waals surface area contributed by atoms with Crippen LogP contribution >= 0.6 is 0 Å². The van der Waals surface area contributed by atoms with Crippen LogP contribution in [0.4, 0.5) is 0 Å². The summed E-state index contributed by atoms with van der Waals surface area (Å²) in [5, 5.41) is 2.85. The molecule has 124 valence electrons. The molecule has 0 aliphatic carbocycles. The Balaban J connectivity index is 2.52. The Morgan fingerprint density at radius 1 is 1.41 bits per heavy atom. The van der Waals surface area contributed by atoms with E-state index >= 15 is 0 Å². The largest absolute Gasteiger partial charge is 0.475 e. The van der Waals surface area contributed by atoms with Gasteiger partial charge in [-0.25, -0.2) is 4.98 Å². The number of nitrogens with zero attached hydrogens (tertiary/aromatic N) is 1. The highest BCUT2D eigenvalue weighted by molar-refractivity contribution is 5.81. The fraction of sp³-hybridized carbons (Fsp3) is 0.647. The average Bonchev–Trinajstić information content (AvgIpc) is 2.44. The second kappa shape index (κ2) is 9.41. The number of carbonyl (C=O) groups excluding carboxylic acids is 1. The Bertz CT molecular complexity index is 463. The summed E-state index contributed by atoms with van der Waals surface area (Å²) in [4.78, 5) is 16.0. The molecule has 1 heterocycles. The highest BCUT2D eigenvalue weighted by atomic mass is 16.5. The SMILES string of the molecule is CCCC(N)C(=O)NCc1ccnc(OC(C)CC(C)C)c1. The van der Waals surface area contributed by atoms with Gasteiger partial charge in [0.05, 0.1) is 12.1 Å². The molecule has 0 spiro atoms. The second-order valence-corrected chi connectivity index (χ2v) is 6.17. The van der Waals surface area contributed by atoms with Crippen LogP contribution < -0.4 is 15.8 Å². The summed E-state index contributed by atoms with van der Waals surface area (Å²) >= 11 is 0. The van der Waals surface area contributed by atoms with Gasteiger partial charge in [0.1, 0.15) is 0 Å². The van der Waals surface area contributed by atoms with Crippen molar-refractivity contribution in [3.8, 4) is 5.88 Å². The molecule has 0 fully saturated rings. The summed E-state index contributed by atoms with van der Waals surface area (Å²) in [5.74, 6) is 1.06. The zero-order chi connectivity index (χ0) is 16.5. The van der Waals surface area contributed by atoms with Crippen molar-refractivity contribution < 1.29 is 9.53 Å². The Hall–Kier alpha value is -1.62. The number of rotatable bonds is 9. The smallest absolute Gasteiger partial charge is 0.237 e. The van der Waals surface area contributed by atoms with Gasteiger partial charge in [-0.05, 0) is 37.3 Å². The quantitative estimate of drug-likeness (QED) is 0.735. The van der Waals surface area contributed by atoms with Crippen molar-refractivity contribution in [2.45, 2.75) is 65.6 Å². The Labute approximate surface area is 133 Å². The van der Waals surface area contributed by atoms with E-state index < -0.39 is 6.04 Å². The third-order valence-corrected chi connectivity index (χ3v) is 3.33. The van der Waals surface area contributed by atoms with E-state index in [2.05, 4.69) is 24.1 Å². The van der Waals surface area contributed by atoms with Gasteiger partial charge in [-0.1, -0.05) is 27.2 Å². The van der Waals surface area contributed by atoms with E-state index in [9.17, 15) is 4.79 Å². The molecule has 1 aromatic heterocycles.